The van der Waals surface area contributed by atoms with Crippen molar-refractivity contribution in [2.75, 3.05) is 0 Å². The van der Waals surface area contributed by atoms with E-state index in [1.807, 2.05) is 0 Å². The third-order valence-corrected chi connectivity index (χ3v) is 3.86. The van der Waals surface area contributed by atoms with Gasteiger partial charge in [0, 0.05) is 18.6 Å². The lowest BCUT2D eigenvalue weighted by Crippen LogP contribution is -2.22. The summed E-state index contributed by atoms with van der Waals surface area (Å²) in [6.07, 6.45) is 2.37. The first kappa shape index (κ1) is 12.4. The van der Waals surface area contributed by atoms with Crippen molar-refractivity contribution in [1.82, 2.24) is 0 Å². The van der Waals surface area contributed by atoms with E-state index in [9.17, 15) is 0 Å². The number of hydrogen-bond acceptors (Lipinski definition) is 1. The van der Waals surface area contributed by atoms with Gasteiger partial charge in [0.2, 0.25) is 0 Å². The zero-order valence-corrected chi connectivity index (χ0v) is 12.1. The van der Waals surface area contributed by atoms with Gasteiger partial charge in [0.25, 0.3) is 0 Å². The van der Waals surface area contributed by atoms with Gasteiger partial charge < -0.3 is 8.85 Å². The third-order valence-electron chi connectivity index (χ3n) is 2.90. The van der Waals surface area contributed by atoms with Gasteiger partial charge in [-0.15, -0.1) is 0 Å². The average molecular weight is 248 g/mol. The average Bonchev–Trinajstić information content (AvgIpc) is 2.28. The van der Waals surface area contributed by atoms with Gasteiger partial charge in [0.15, 0.2) is 0 Å². The molecule has 0 saturated heterocycles. The Labute approximate surface area is 106 Å². The highest BCUT2D eigenvalue weighted by atomic mass is 28.3. The monoisotopic (exact) mass is 248 g/mol. The molecule has 1 aliphatic heterocycles. The molecule has 1 aliphatic rings. The second-order valence-corrected chi connectivity index (χ2v) is 6.22. The predicted octanol–water partition coefficient (Wildman–Crippen LogP) is 2.54. The van der Waals surface area contributed by atoms with Crippen LogP contribution in [-0.4, -0.2) is 20.5 Å². The van der Waals surface area contributed by atoms with Gasteiger partial charge in [-0.3, -0.25) is 0 Å². The molecule has 3 heteroatoms. The molecule has 1 N–H and O–H groups in total. The molecule has 2 nitrogen and oxygen atoms in total. The fourth-order valence-corrected chi connectivity index (χ4v) is 2.45. The van der Waals surface area contributed by atoms with Crippen molar-refractivity contribution < 1.29 is 8.85 Å². The van der Waals surface area contributed by atoms with Gasteiger partial charge >= 0.3 is 10.0 Å². The Hall–Kier alpha value is -1.06. The second-order valence-electron chi connectivity index (χ2n) is 5.47. The Morgan fingerprint density at radius 2 is 1.82 bits per heavy atom. The molecule has 0 amide bonds. The summed E-state index contributed by atoms with van der Waals surface area (Å²) < 4.78 is 9.98. The first-order valence-corrected chi connectivity index (χ1v) is 6.96. The highest BCUT2D eigenvalue weighted by Gasteiger charge is 2.15. The van der Waals surface area contributed by atoms with E-state index in [0.29, 0.717) is 0 Å². The van der Waals surface area contributed by atoms with Crippen LogP contribution in [0.2, 0.25) is 0 Å². The summed E-state index contributed by atoms with van der Waals surface area (Å²) in [5.41, 5.74) is 2.71. The van der Waals surface area contributed by atoms with Crippen molar-refractivity contribution in [2.24, 2.45) is 0 Å². The fourth-order valence-electron chi connectivity index (χ4n) is 1.78. The van der Waals surface area contributed by atoms with Gasteiger partial charge in [-0.2, -0.15) is 0 Å². The Balaban J connectivity index is 2.24. The van der Waals surface area contributed by atoms with Gasteiger partial charge in [0.05, 0.1) is 5.76 Å². The van der Waals surface area contributed by atoms with Crippen LogP contribution in [0.1, 0.15) is 38.8 Å². The zero-order chi connectivity index (χ0) is 12.5. The Morgan fingerprint density at radius 1 is 1.18 bits per heavy atom. The smallest absolute Gasteiger partial charge is 0.367 e. The maximum atomic E-state index is 5.64. The molecule has 0 saturated carbocycles. The van der Waals surface area contributed by atoms with Crippen LogP contribution in [0.15, 0.2) is 30.3 Å². The molecule has 0 aromatic heterocycles. The zero-order valence-electron chi connectivity index (χ0n) is 10.9. The van der Waals surface area contributed by atoms with E-state index in [1.165, 1.54) is 5.56 Å². The summed E-state index contributed by atoms with van der Waals surface area (Å²) >= 11 is 0. The van der Waals surface area contributed by atoms with E-state index < -0.39 is 0 Å². The minimum atomic E-state index is -0.240. The lowest BCUT2D eigenvalue weighted by atomic mass is 9.86. The molecule has 0 fully saturated rings. The first-order valence-electron chi connectivity index (χ1n) is 5.98. The van der Waals surface area contributed by atoms with Gasteiger partial charge in [-0.05, 0) is 11.0 Å². The molecule has 1 aromatic rings. The van der Waals surface area contributed by atoms with E-state index in [0.717, 1.165) is 11.3 Å². The van der Waals surface area contributed by atoms with Crippen molar-refractivity contribution in [1.29, 1.82) is 0 Å². The largest absolute Gasteiger partial charge is 0.648 e. The molecule has 1 atom stereocenters. The standard InChI is InChI=1S/C14H20O2Si/c1-10-9-13(16-17-15-10)11-5-7-12(8-6-11)14(2,3)4/h5-10,15,17H,1-4H3. The first-order chi connectivity index (χ1) is 7.97. The van der Waals surface area contributed by atoms with Crippen molar-refractivity contribution in [3.05, 3.63) is 41.5 Å². The number of aliphatic hydroxyl groups is 1. The fraction of sp³-hybridized carbons (Fsp3) is 0.429. The quantitative estimate of drug-likeness (QED) is 0.553. The van der Waals surface area contributed by atoms with Crippen molar-refractivity contribution in [3.8, 4) is 0 Å². The molecule has 0 radical (unpaired) electrons. The highest BCUT2D eigenvalue weighted by Crippen LogP contribution is 2.25. The van der Waals surface area contributed by atoms with Crippen LogP contribution >= 0.6 is 0 Å². The maximum Gasteiger partial charge on any atom is 0.367 e. The molecule has 1 heterocycles. The summed E-state index contributed by atoms with van der Waals surface area (Å²) in [6, 6.07) is 8.66. The summed E-state index contributed by atoms with van der Waals surface area (Å²) in [5, 5.41) is 0. The summed E-state index contributed by atoms with van der Waals surface area (Å²) in [5.74, 6) is 0.989. The molecule has 0 spiro atoms. The summed E-state index contributed by atoms with van der Waals surface area (Å²) in [6.45, 7) is 8.77. The predicted molar refractivity (Wildman–Crippen MR) is 73.0 cm³/mol. The molecule has 17 heavy (non-hydrogen) atoms. The highest BCUT2D eigenvalue weighted by molar-refractivity contribution is 6.20. The van der Waals surface area contributed by atoms with Crippen LogP contribution in [0.4, 0.5) is 0 Å². The summed E-state index contributed by atoms with van der Waals surface area (Å²) in [7, 11) is -0.240. The lowest BCUT2D eigenvalue weighted by Gasteiger charge is -2.26. The SMILES string of the molecule is CC1C=C(c2ccc(C(C)(C)C)cc2)O[SiH-][OH+]1. The van der Waals surface area contributed by atoms with Gasteiger partial charge in [-0.25, -0.2) is 0 Å². The third kappa shape index (κ3) is 2.99. The number of rotatable bonds is 1. The Bertz CT molecular complexity index is 415. The Kier molecular flexibility index (Phi) is 3.40. The van der Waals surface area contributed by atoms with Crippen molar-refractivity contribution in [2.45, 2.75) is 39.2 Å². The number of benzene rings is 1. The van der Waals surface area contributed by atoms with Crippen molar-refractivity contribution >= 4 is 15.8 Å². The maximum absolute atomic E-state index is 5.64. The topological polar surface area (TPSA) is 22.0 Å². The molecular weight excluding hydrogens is 228 g/mol. The molecule has 2 rings (SSSR count). The van der Waals surface area contributed by atoms with E-state index in [4.69, 9.17) is 4.43 Å². The van der Waals surface area contributed by atoms with Gasteiger partial charge in [0.1, 0.15) is 6.10 Å². The molecule has 1 unspecified atom stereocenters. The van der Waals surface area contributed by atoms with Crippen LogP contribution in [0.5, 0.6) is 0 Å². The lowest BCUT2D eigenvalue weighted by molar-refractivity contribution is 0.0656. The van der Waals surface area contributed by atoms with Crippen LogP contribution in [0.25, 0.3) is 5.76 Å². The van der Waals surface area contributed by atoms with E-state index >= 15 is 0 Å². The van der Waals surface area contributed by atoms with Crippen LogP contribution < -0.4 is 0 Å². The minimum absolute atomic E-state index is 0.203. The molecule has 0 aliphatic carbocycles. The van der Waals surface area contributed by atoms with Crippen molar-refractivity contribution in [3.63, 3.8) is 0 Å². The molecular formula is C14H20O2Si. The minimum Gasteiger partial charge on any atom is -0.648 e. The van der Waals surface area contributed by atoms with Crippen LogP contribution in [0.3, 0.4) is 0 Å². The molecule has 1 aromatic carbocycles. The Morgan fingerprint density at radius 3 is 2.35 bits per heavy atom. The van der Waals surface area contributed by atoms with E-state index in [1.54, 1.807) is 0 Å². The van der Waals surface area contributed by atoms with E-state index in [2.05, 4.69) is 62.5 Å². The normalized spacial score (nSPS) is 20.7. The van der Waals surface area contributed by atoms with Crippen LogP contribution in [0, 0.1) is 0 Å². The second kappa shape index (κ2) is 4.67. The van der Waals surface area contributed by atoms with Gasteiger partial charge in [-0.1, -0.05) is 45.0 Å². The summed E-state index contributed by atoms with van der Waals surface area (Å²) in [4.78, 5) is 0. The number of hydrogen-bond donors (Lipinski definition) is 0. The van der Waals surface area contributed by atoms with Crippen LogP contribution in [-0.2, 0) is 9.84 Å². The molecule has 0 bridgehead atoms. The van der Waals surface area contributed by atoms with E-state index in [-0.39, 0.29) is 21.5 Å². The molecule has 92 valence electrons.